The number of amides is 2. The van der Waals surface area contributed by atoms with E-state index in [4.69, 9.17) is 9.15 Å². The van der Waals surface area contributed by atoms with Crippen LogP contribution in [0.15, 0.2) is 34.9 Å². The highest BCUT2D eigenvalue weighted by molar-refractivity contribution is 5.74. The number of anilines is 1. The zero-order chi connectivity index (χ0) is 22.7. The number of nitrogens with zero attached hydrogens (tertiary/aromatic N) is 5. The number of aryl methyl sites for hydroxylation is 3. The van der Waals surface area contributed by atoms with Crippen LogP contribution in [0.2, 0.25) is 0 Å². The van der Waals surface area contributed by atoms with Crippen molar-refractivity contribution in [1.29, 1.82) is 0 Å². The summed E-state index contributed by atoms with van der Waals surface area (Å²) < 4.78 is 13.1. The first kappa shape index (κ1) is 21.7. The lowest BCUT2D eigenvalue weighted by atomic mass is 10.1. The first-order valence-electron chi connectivity index (χ1n) is 10.8. The van der Waals surface area contributed by atoms with Crippen molar-refractivity contribution in [1.82, 2.24) is 25.0 Å². The molecule has 0 atom stereocenters. The molecule has 9 heteroatoms. The summed E-state index contributed by atoms with van der Waals surface area (Å²) in [4.78, 5) is 21.0. The molecule has 2 aromatic heterocycles. The Labute approximate surface area is 188 Å². The second-order valence-corrected chi connectivity index (χ2v) is 8.02. The van der Waals surface area contributed by atoms with E-state index >= 15 is 0 Å². The smallest absolute Gasteiger partial charge is 0.317 e. The normalized spacial score (nSPS) is 14.4. The van der Waals surface area contributed by atoms with Crippen molar-refractivity contribution in [2.24, 2.45) is 7.05 Å². The zero-order valence-corrected chi connectivity index (χ0v) is 19.1. The number of hydrogen-bond donors (Lipinski definition) is 1. The summed E-state index contributed by atoms with van der Waals surface area (Å²) in [5, 5.41) is 7.39. The Morgan fingerprint density at radius 2 is 2.03 bits per heavy atom. The van der Waals surface area contributed by atoms with Crippen LogP contribution in [0.5, 0.6) is 5.75 Å². The Hall–Kier alpha value is -3.49. The molecule has 0 unspecified atom stereocenters. The van der Waals surface area contributed by atoms with E-state index in [1.54, 1.807) is 13.3 Å². The lowest BCUT2D eigenvalue weighted by molar-refractivity contribution is 0.201. The molecule has 1 aromatic carbocycles. The summed E-state index contributed by atoms with van der Waals surface area (Å²) in [5.41, 5.74) is 3.87. The van der Waals surface area contributed by atoms with Crippen LogP contribution in [-0.4, -0.2) is 59.0 Å². The molecule has 1 aliphatic rings. The molecule has 0 saturated carbocycles. The van der Waals surface area contributed by atoms with E-state index < -0.39 is 0 Å². The van der Waals surface area contributed by atoms with Gasteiger partial charge in [-0.1, -0.05) is 0 Å². The number of methoxy groups -OCH3 is 1. The van der Waals surface area contributed by atoms with Crippen molar-refractivity contribution in [3.8, 4) is 17.1 Å². The minimum absolute atomic E-state index is 0.0521. The van der Waals surface area contributed by atoms with Crippen LogP contribution in [0, 0.1) is 13.8 Å². The fourth-order valence-corrected chi connectivity index (χ4v) is 3.94. The molecule has 9 nitrogen and oxygen atoms in total. The highest BCUT2D eigenvalue weighted by Gasteiger charge is 2.21. The van der Waals surface area contributed by atoms with Gasteiger partial charge >= 0.3 is 6.03 Å². The minimum atomic E-state index is -0.0521. The highest BCUT2D eigenvalue weighted by atomic mass is 16.5. The van der Waals surface area contributed by atoms with E-state index in [1.807, 2.05) is 48.7 Å². The molecule has 0 spiro atoms. The van der Waals surface area contributed by atoms with Gasteiger partial charge in [0, 0.05) is 57.6 Å². The molecule has 1 N–H and O–H groups in total. The van der Waals surface area contributed by atoms with Crippen molar-refractivity contribution in [3.63, 3.8) is 0 Å². The van der Waals surface area contributed by atoms with Gasteiger partial charge in [0.2, 0.25) is 0 Å². The SMILES string of the molecule is COc1cc(N2CCCN(C(=O)NCc3cc(C)n(C)n3)CC2)ccc1-c1cnc(C)o1. The Kier molecular flexibility index (Phi) is 6.34. The van der Waals surface area contributed by atoms with Gasteiger partial charge in [-0.25, -0.2) is 9.78 Å². The molecule has 170 valence electrons. The van der Waals surface area contributed by atoms with Gasteiger partial charge in [0.25, 0.3) is 0 Å². The number of oxazole rings is 1. The van der Waals surface area contributed by atoms with Crippen LogP contribution >= 0.6 is 0 Å². The van der Waals surface area contributed by atoms with Crippen LogP contribution in [0.1, 0.15) is 23.7 Å². The van der Waals surface area contributed by atoms with E-state index in [-0.39, 0.29) is 6.03 Å². The van der Waals surface area contributed by atoms with Crippen molar-refractivity contribution in [2.45, 2.75) is 26.8 Å². The van der Waals surface area contributed by atoms with Gasteiger partial charge in [0.1, 0.15) is 5.75 Å². The molecule has 0 radical (unpaired) electrons. The molecule has 1 aliphatic heterocycles. The van der Waals surface area contributed by atoms with Gasteiger partial charge in [-0.2, -0.15) is 5.10 Å². The first-order valence-corrected chi connectivity index (χ1v) is 10.8. The lowest BCUT2D eigenvalue weighted by Crippen LogP contribution is -2.41. The second-order valence-electron chi connectivity index (χ2n) is 8.02. The third-order valence-electron chi connectivity index (χ3n) is 5.81. The Morgan fingerprint density at radius 3 is 2.72 bits per heavy atom. The third kappa shape index (κ3) is 4.71. The number of urea groups is 1. The van der Waals surface area contributed by atoms with E-state index in [1.165, 1.54) is 0 Å². The maximum absolute atomic E-state index is 12.7. The molecule has 1 saturated heterocycles. The lowest BCUT2D eigenvalue weighted by Gasteiger charge is -2.24. The topological polar surface area (TPSA) is 88.7 Å². The maximum Gasteiger partial charge on any atom is 0.317 e. The Bertz CT molecular complexity index is 1070. The summed E-state index contributed by atoms with van der Waals surface area (Å²) >= 11 is 0. The average molecular weight is 439 g/mol. The summed E-state index contributed by atoms with van der Waals surface area (Å²) in [6, 6.07) is 8.02. The van der Waals surface area contributed by atoms with Crippen LogP contribution in [-0.2, 0) is 13.6 Å². The molecular formula is C23H30N6O3. The zero-order valence-electron chi connectivity index (χ0n) is 19.1. The molecule has 3 heterocycles. The fourth-order valence-electron chi connectivity index (χ4n) is 3.94. The molecule has 3 aromatic rings. The number of nitrogens with one attached hydrogen (secondary N) is 1. The standard InChI is InChI=1S/C23H30N6O3/c1-16-12-18(26-27(16)3)14-25-23(30)29-9-5-8-28(10-11-29)19-6-7-20(21(13-19)31-4)22-15-24-17(2)32-22/h6-7,12-13,15H,5,8-11,14H2,1-4H3,(H,25,30). The molecule has 0 aliphatic carbocycles. The number of ether oxygens (including phenoxy) is 1. The third-order valence-corrected chi connectivity index (χ3v) is 5.81. The van der Waals surface area contributed by atoms with Gasteiger partial charge in [-0.15, -0.1) is 0 Å². The fraction of sp³-hybridized carbons (Fsp3) is 0.435. The molecule has 1 fully saturated rings. The summed E-state index contributed by atoms with van der Waals surface area (Å²) in [5.74, 6) is 2.05. The van der Waals surface area contributed by atoms with Crippen LogP contribution in [0.4, 0.5) is 10.5 Å². The minimum Gasteiger partial charge on any atom is -0.496 e. The number of aromatic nitrogens is 3. The van der Waals surface area contributed by atoms with E-state index in [0.717, 1.165) is 54.4 Å². The van der Waals surface area contributed by atoms with E-state index in [9.17, 15) is 4.79 Å². The maximum atomic E-state index is 12.7. The number of carbonyl (C=O) groups is 1. The summed E-state index contributed by atoms with van der Waals surface area (Å²) in [7, 11) is 3.56. The predicted octanol–water partition coefficient (Wildman–Crippen LogP) is 3.12. The average Bonchev–Trinajstić information content (AvgIpc) is 3.26. The molecule has 32 heavy (non-hydrogen) atoms. The van der Waals surface area contributed by atoms with Gasteiger partial charge < -0.3 is 24.3 Å². The van der Waals surface area contributed by atoms with Gasteiger partial charge in [-0.05, 0) is 31.5 Å². The molecule has 2 amide bonds. The van der Waals surface area contributed by atoms with Crippen molar-refractivity contribution < 1.29 is 13.9 Å². The summed E-state index contributed by atoms with van der Waals surface area (Å²) in [6.45, 7) is 7.24. The predicted molar refractivity (Wildman–Crippen MR) is 122 cm³/mol. The van der Waals surface area contributed by atoms with Crippen LogP contribution < -0.4 is 15.0 Å². The number of carbonyl (C=O) groups excluding carboxylic acids is 1. The van der Waals surface area contributed by atoms with E-state index in [0.29, 0.717) is 24.7 Å². The first-order chi connectivity index (χ1) is 15.4. The van der Waals surface area contributed by atoms with Gasteiger partial charge in [-0.3, -0.25) is 4.68 Å². The highest BCUT2D eigenvalue weighted by Crippen LogP contribution is 2.34. The molecule has 0 bridgehead atoms. The van der Waals surface area contributed by atoms with Crippen molar-refractivity contribution in [3.05, 3.63) is 47.7 Å². The van der Waals surface area contributed by atoms with Crippen molar-refractivity contribution >= 4 is 11.7 Å². The van der Waals surface area contributed by atoms with Crippen LogP contribution in [0.25, 0.3) is 11.3 Å². The summed E-state index contributed by atoms with van der Waals surface area (Å²) in [6.07, 6.45) is 2.60. The largest absolute Gasteiger partial charge is 0.496 e. The van der Waals surface area contributed by atoms with Gasteiger partial charge in [0.05, 0.1) is 31.1 Å². The van der Waals surface area contributed by atoms with E-state index in [2.05, 4.69) is 26.4 Å². The second kappa shape index (κ2) is 9.33. The van der Waals surface area contributed by atoms with Crippen molar-refractivity contribution in [2.75, 3.05) is 38.2 Å². The Balaban J connectivity index is 1.38. The molecular weight excluding hydrogens is 408 g/mol. The van der Waals surface area contributed by atoms with Gasteiger partial charge in [0.15, 0.2) is 11.7 Å². The number of rotatable bonds is 5. The number of benzene rings is 1. The monoisotopic (exact) mass is 438 g/mol. The quantitative estimate of drug-likeness (QED) is 0.658. The molecule has 4 rings (SSSR count). The Morgan fingerprint density at radius 1 is 1.19 bits per heavy atom. The number of hydrogen-bond acceptors (Lipinski definition) is 6. The van der Waals surface area contributed by atoms with Crippen LogP contribution in [0.3, 0.4) is 0 Å².